The van der Waals surface area contributed by atoms with Crippen molar-refractivity contribution in [3.8, 4) is 0 Å². The molecule has 4 nitrogen and oxygen atoms in total. The number of esters is 1. The molecule has 3 rings (SSSR count). The van der Waals surface area contributed by atoms with Crippen LogP contribution in [0.3, 0.4) is 0 Å². The Bertz CT molecular complexity index is 723. The monoisotopic (exact) mass is 339 g/mol. The highest BCUT2D eigenvalue weighted by Gasteiger charge is 2.27. The lowest BCUT2D eigenvalue weighted by Crippen LogP contribution is -2.40. The van der Waals surface area contributed by atoms with Gasteiger partial charge in [-0.1, -0.05) is 18.2 Å². The van der Waals surface area contributed by atoms with Gasteiger partial charge in [-0.05, 0) is 69.4 Å². The molecular formula is C21H25NO3. The van der Waals surface area contributed by atoms with Crippen molar-refractivity contribution in [3.05, 3.63) is 59.2 Å². The predicted octanol–water partition coefficient (Wildman–Crippen LogP) is 3.99. The van der Waals surface area contributed by atoms with Crippen molar-refractivity contribution in [2.24, 2.45) is 5.92 Å². The highest BCUT2D eigenvalue weighted by atomic mass is 16.6. The second kappa shape index (κ2) is 6.87. The van der Waals surface area contributed by atoms with Crippen molar-refractivity contribution in [1.82, 2.24) is 4.90 Å². The summed E-state index contributed by atoms with van der Waals surface area (Å²) < 4.78 is 5.35. The topological polar surface area (TPSA) is 46.6 Å². The van der Waals surface area contributed by atoms with Gasteiger partial charge in [0.05, 0.1) is 5.56 Å². The van der Waals surface area contributed by atoms with Gasteiger partial charge in [0.25, 0.3) is 5.91 Å². The van der Waals surface area contributed by atoms with E-state index in [1.54, 1.807) is 24.3 Å². The van der Waals surface area contributed by atoms with Crippen molar-refractivity contribution in [1.29, 1.82) is 0 Å². The van der Waals surface area contributed by atoms with Gasteiger partial charge in [-0.25, -0.2) is 4.79 Å². The van der Waals surface area contributed by atoms with Gasteiger partial charge in [0.1, 0.15) is 5.60 Å². The van der Waals surface area contributed by atoms with E-state index < -0.39 is 5.60 Å². The van der Waals surface area contributed by atoms with Gasteiger partial charge in [0.15, 0.2) is 0 Å². The summed E-state index contributed by atoms with van der Waals surface area (Å²) in [5, 5.41) is 0. The smallest absolute Gasteiger partial charge is 0.338 e. The Balaban J connectivity index is 1.68. The van der Waals surface area contributed by atoms with E-state index in [0.717, 1.165) is 19.4 Å². The first-order valence-electron chi connectivity index (χ1n) is 8.82. The summed E-state index contributed by atoms with van der Waals surface area (Å²) >= 11 is 0. The molecule has 1 saturated heterocycles. The number of nitrogens with zero attached hydrogens (tertiary/aromatic N) is 1. The highest BCUT2D eigenvalue weighted by molar-refractivity contribution is 5.96. The van der Waals surface area contributed by atoms with Gasteiger partial charge in [0, 0.05) is 18.7 Å². The Morgan fingerprint density at radius 2 is 1.80 bits per heavy atom. The molecule has 4 heteroatoms. The number of likely N-dealkylation sites (tertiary alicyclic amines) is 1. The maximum Gasteiger partial charge on any atom is 0.338 e. The lowest BCUT2D eigenvalue weighted by atomic mass is 9.85. The zero-order valence-electron chi connectivity index (χ0n) is 15.1. The third kappa shape index (κ3) is 4.19. The molecule has 0 spiro atoms. The minimum atomic E-state index is -0.530. The molecule has 1 fully saturated rings. The SMILES string of the molecule is CC(C)(C)OC(=O)c1ccc(C(=O)N2CCC3CC=CC=C3C2)cc1. The summed E-state index contributed by atoms with van der Waals surface area (Å²) in [6.45, 7) is 6.98. The summed E-state index contributed by atoms with van der Waals surface area (Å²) in [5.41, 5.74) is 1.88. The van der Waals surface area contributed by atoms with Crippen molar-refractivity contribution < 1.29 is 14.3 Å². The minimum absolute atomic E-state index is 0.0182. The largest absolute Gasteiger partial charge is 0.456 e. The van der Waals surface area contributed by atoms with Crippen molar-refractivity contribution in [3.63, 3.8) is 0 Å². The van der Waals surface area contributed by atoms with E-state index in [4.69, 9.17) is 4.74 Å². The molecule has 25 heavy (non-hydrogen) atoms. The molecule has 1 unspecified atom stereocenters. The van der Waals surface area contributed by atoms with E-state index >= 15 is 0 Å². The first-order chi connectivity index (χ1) is 11.8. The van der Waals surface area contributed by atoms with Crippen LogP contribution < -0.4 is 0 Å². The standard InChI is InChI=1S/C21H25NO3/c1-21(2,3)25-20(24)17-10-8-16(9-11-17)19(23)22-13-12-15-6-4-5-7-18(15)14-22/h4-5,7-11,15H,6,12-14H2,1-3H3. The normalized spacial score (nSPS) is 19.9. The molecule has 0 N–H and O–H groups in total. The molecule has 0 radical (unpaired) electrons. The molecule has 0 aromatic heterocycles. The van der Waals surface area contributed by atoms with Crippen LogP contribution in [-0.2, 0) is 4.74 Å². The Kier molecular flexibility index (Phi) is 4.80. The molecule has 0 saturated carbocycles. The maximum atomic E-state index is 12.7. The predicted molar refractivity (Wildman–Crippen MR) is 97.5 cm³/mol. The Labute approximate surface area is 149 Å². The Hall–Kier alpha value is -2.36. The van der Waals surface area contributed by atoms with E-state index in [9.17, 15) is 9.59 Å². The van der Waals surface area contributed by atoms with Crippen molar-refractivity contribution >= 4 is 11.9 Å². The van der Waals surface area contributed by atoms with Crippen LogP contribution in [0, 0.1) is 5.92 Å². The number of amides is 1. The molecule has 1 amide bonds. The van der Waals surface area contributed by atoms with E-state index in [1.165, 1.54) is 5.57 Å². The summed E-state index contributed by atoms with van der Waals surface area (Å²) in [6, 6.07) is 6.75. The second-order valence-corrected chi connectivity index (χ2v) is 7.70. The number of hydrogen-bond donors (Lipinski definition) is 0. The summed E-state index contributed by atoms with van der Waals surface area (Å²) in [5.74, 6) is 0.236. The van der Waals surface area contributed by atoms with Crippen LogP contribution in [0.25, 0.3) is 0 Å². The Morgan fingerprint density at radius 3 is 2.48 bits per heavy atom. The fraction of sp³-hybridized carbons (Fsp3) is 0.429. The third-order valence-electron chi connectivity index (χ3n) is 4.57. The average molecular weight is 339 g/mol. The van der Waals surface area contributed by atoms with Gasteiger partial charge in [-0.15, -0.1) is 0 Å². The number of hydrogen-bond acceptors (Lipinski definition) is 3. The number of piperidine rings is 1. The van der Waals surface area contributed by atoms with E-state index in [1.807, 2.05) is 25.7 Å². The van der Waals surface area contributed by atoms with Gasteiger partial charge >= 0.3 is 5.97 Å². The fourth-order valence-corrected chi connectivity index (χ4v) is 3.26. The summed E-state index contributed by atoms with van der Waals surface area (Å²) in [6.07, 6.45) is 8.51. The lowest BCUT2D eigenvalue weighted by Gasteiger charge is -2.35. The molecule has 1 aromatic rings. The molecule has 132 valence electrons. The van der Waals surface area contributed by atoms with Crippen LogP contribution >= 0.6 is 0 Å². The van der Waals surface area contributed by atoms with Crippen LogP contribution in [0.5, 0.6) is 0 Å². The van der Waals surface area contributed by atoms with Crippen molar-refractivity contribution in [2.75, 3.05) is 13.1 Å². The van der Waals surface area contributed by atoms with Gasteiger partial charge in [0.2, 0.25) is 0 Å². The van der Waals surface area contributed by atoms with E-state index in [2.05, 4.69) is 18.2 Å². The van der Waals surface area contributed by atoms with Crippen LogP contribution in [0.4, 0.5) is 0 Å². The fourth-order valence-electron chi connectivity index (χ4n) is 3.26. The first-order valence-corrected chi connectivity index (χ1v) is 8.82. The van der Waals surface area contributed by atoms with Gasteiger partial charge in [-0.2, -0.15) is 0 Å². The average Bonchev–Trinajstić information content (AvgIpc) is 2.59. The zero-order valence-corrected chi connectivity index (χ0v) is 15.1. The number of fused-ring (bicyclic) bond motifs is 1. The molecular weight excluding hydrogens is 314 g/mol. The maximum absolute atomic E-state index is 12.7. The van der Waals surface area contributed by atoms with Crippen LogP contribution in [0.1, 0.15) is 54.3 Å². The van der Waals surface area contributed by atoms with Gasteiger partial charge in [-0.3, -0.25) is 4.79 Å². The van der Waals surface area contributed by atoms with Crippen molar-refractivity contribution in [2.45, 2.75) is 39.2 Å². The van der Waals surface area contributed by atoms with Gasteiger partial charge < -0.3 is 9.64 Å². The molecule has 0 bridgehead atoms. The second-order valence-electron chi connectivity index (χ2n) is 7.70. The Morgan fingerprint density at radius 1 is 1.12 bits per heavy atom. The third-order valence-corrected chi connectivity index (χ3v) is 4.57. The minimum Gasteiger partial charge on any atom is -0.456 e. The first kappa shape index (κ1) is 17.5. The molecule has 1 aliphatic heterocycles. The molecule has 1 heterocycles. The molecule has 1 atom stereocenters. The highest BCUT2D eigenvalue weighted by Crippen LogP contribution is 2.29. The van der Waals surface area contributed by atoms with E-state index in [-0.39, 0.29) is 11.9 Å². The molecule has 1 aromatic carbocycles. The summed E-state index contributed by atoms with van der Waals surface area (Å²) in [7, 11) is 0. The molecule has 1 aliphatic carbocycles. The number of carbonyl (C=O) groups excluding carboxylic acids is 2. The van der Waals surface area contributed by atoms with Crippen LogP contribution in [-0.4, -0.2) is 35.5 Å². The van der Waals surface area contributed by atoms with E-state index in [0.29, 0.717) is 23.6 Å². The zero-order chi connectivity index (χ0) is 18.0. The van der Waals surface area contributed by atoms with Crippen LogP contribution in [0.2, 0.25) is 0 Å². The number of benzene rings is 1. The quantitative estimate of drug-likeness (QED) is 0.766. The lowest BCUT2D eigenvalue weighted by molar-refractivity contribution is 0.00692. The molecule has 2 aliphatic rings. The number of allylic oxidation sites excluding steroid dienone is 3. The van der Waals surface area contributed by atoms with Crippen LogP contribution in [0.15, 0.2) is 48.1 Å². The number of ether oxygens (including phenoxy) is 1. The number of carbonyl (C=O) groups is 2. The summed E-state index contributed by atoms with van der Waals surface area (Å²) in [4.78, 5) is 26.7. The number of rotatable bonds is 2.